The molecule has 2 N–H and O–H groups in total. The highest BCUT2D eigenvalue weighted by atomic mass is 16.5. The molecule has 1 saturated heterocycles. The summed E-state index contributed by atoms with van der Waals surface area (Å²) in [6.07, 6.45) is 3.37. The van der Waals surface area contributed by atoms with Crippen LogP contribution >= 0.6 is 0 Å². The van der Waals surface area contributed by atoms with Crippen molar-refractivity contribution in [1.29, 1.82) is 0 Å². The quantitative estimate of drug-likeness (QED) is 0.444. The second-order valence-corrected chi connectivity index (χ2v) is 7.23. The van der Waals surface area contributed by atoms with Gasteiger partial charge in [0.15, 0.2) is 11.5 Å². The van der Waals surface area contributed by atoms with Crippen molar-refractivity contribution in [3.63, 3.8) is 0 Å². The van der Waals surface area contributed by atoms with Gasteiger partial charge in [0.1, 0.15) is 30.0 Å². The number of pyridine rings is 1. The molecule has 3 aromatic heterocycles. The SMILES string of the molecule is c1ccc(OCCNc2ncnc3nc(N4CCN(c5ccccn5)CC4)[nH]c23)cc1. The fourth-order valence-electron chi connectivity index (χ4n) is 3.64. The number of piperazine rings is 1. The molecule has 0 spiro atoms. The number of imidazole rings is 1. The van der Waals surface area contributed by atoms with Crippen molar-refractivity contribution < 1.29 is 4.74 Å². The Morgan fingerprint density at radius 1 is 0.903 bits per heavy atom. The summed E-state index contributed by atoms with van der Waals surface area (Å²) in [7, 11) is 0. The monoisotopic (exact) mass is 416 g/mol. The van der Waals surface area contributed by atoms with Crippen molar-refractivity contribution in [1.82, 2.24) is 24.9 Å². The summed E-state index contributed by atoms with van der Waals surface area (Å²) >= 11 is 0. The van der Waals surface area contributed by atoms with E-state index in [1.807, 2.05) is 54.7 Å². The van der Waals surface area contributed by atoms with Crippen LogP contribution < -0.4 is 19.9 Å². The molecule has 0 saturated carbocycles. The van der Waals surface area contributed by atoms with Gasteiger partial charge in [0, 0.05) is 32.4 Å². The van der Waals surface area contributed by atoms with Gasteiger partial charge in [-0.15, -0.1) is 0 Å². The van der Waals surface area contributed by atoms with Crippen molar-refractivity contribution >= 4 is 28.7 Å². The molecule has 0 bridgehead atoms. The third-order valence-electron chi connectivity index (χ3n) is 5.23. The molecule has 0 atom stereocenters. The third-order valence-corrected chi connectivity index (χ3v) is 5.23. The number of aromatic amines is 1. The Morgan fingerprint density at radius 2 is 1.71 bits per heavy atom. The topological polar surface area (TPSA) is 95.1 Å². The zero-order valence-electron chi connectivity index (χ0n) is 17.1. The van der Waals surface area contributed by atoms with Gasteiger partial charge in [0.05, 0.1) is 6.54 Å². The minimum atomic E-state index is 0.534. The van der Waals surface area contributed by atoms with Crippen molar-refractivity contribution in [2.75, 3.05) is 54.4 Å². The number of para-hydroxylation sites is 1. The highest BCUT2D eigenvalue weighted by Crippen LogP contribution is 2.22. The third kappa shape index (κ3) is 4.35. The summed E-state index contributed by atoms with van der Waals surface area (Å²) in [6, 6.07) is 15.8. The fraction of sp³-hybridized carbons (Fsp3) is 0.273. The Kier molecular flexibility index (Phi) is 5.46. The molecule has 4 heterocycles. The Balaban J connectivity index is 1.21. The summed E-state index contributed by atoms with van der Waals surface area (Å²) in [4.78, 5) is 25.8. The van der Waals surface area contributed by atoms with Crippen LogP contribution in [0.4, 0.5) is 17.6 Å². The van der Waals surface area contributed by atoms with E-state index in [1.54, 1.807) is 0 Å². The van der Waals surface area contributed by atoms with Crippen LogP contribution in [0.3, 0.4) is 0 Å². The highest BCUT2D eigenvalue weighted by molar-refractivity contribution is 5.84. The predicted octanol–water partition coefficient (Wildman–Crippen LogP) is 2.57. The lowest BCUT2D eigenvalue weighted by molar-refractivity contribution is 0.333. The number of rotatable bonds is 7. The molecule has 0 radical (unpaired) electrons. The fourth-order valence-corrected chi connectivity index (χ4v) is 3.64. The summed E-state index contributed by atoms with van der Waals surface area (Å²) in [6.45, 7) is 4.66. The molecule has 1 aliphatic rings. The van der Waals surface area contributed by atoms with E-state index in [4.69, 9.17) is 4.74 Å². The van der Waals surface area contributed by atoms with Gasteiger partial charge in [-0.1, -0.05) is 24.3 Å². The zero-order valence-corrected chi connectivity index (χ0v) is 17.1. The molecular formula is C22H24N8O. The summed E-state index contributed by atoms with van der Waals surface area (Å²) in [5.41, 5.74) is 1.47. The number of nitrogens with one attached hydrogen (secondary N) is 2. The number of H-pyrrole nitrogens is 1. The molecule has 9 heteroatoms. The normalized spacial score (nSPS) is 14.1. The van der Waals surface area contributed by atoms with Gasteiger partial charge in [-0.3, -0.25) is 0 Å². The lowest BCUT2D eigenvalue weighted by Gasteiger charge is -2.35. The minimum Gasteiger partial charge on any atom is -0.492 e. The second kappa shape index (κ2) is 8.86. The van der Waals surface area contributed by atoms with Gasteiger partial charge < -0.3 is 24.8 Å². The maximum absolute atomic E-state index is 5.74. The van der Waals surface area contributed by atoms with Crippen molar-refractivity contribution in [3.8, 4) is 5.75 Å². The molecule has 4 aromatic rings. The van der Waals surface area contributed by atoms with Gasteiger partial charge in [-0.05, 0) is 24.3 Å². The van der Waals surface area contributed by atoms with Crippen molar-refractivity contribution in [2.45, 2.75) is 0 Å². The number of fused-ring (bicyclic) bond motifs is 1. The average molecular weight is 416 g/mol. The van der Waals surface area contributed by atoms with E-state index >= 15 is 0 Å². The Hall–Kier alpha value is -3.88. The summed E-state index contributed by atoms with van der Waals surface area (Å²) < 4.78 is 5.74. The number of nitrogens with zero attached hydrogens (tertiary/aromatic N) is 6. The molecule has 0 unspecified atom stereocenters. The van der Waals surface area contributed by atoms with Gasteiger partial charge in [0.2, 0.25) is 5.95 Å². The number of anilines is 3. The molecule has 1 aliphatic heterocycles. The van der Waals surface area contributed by atoms with Crippen LogP contribution in [0.1, 0.15) is 0 Å². The summed E-state index contributed by atoms with van der Waals surface area (Å²) in [5.74, 6) is 3.42. The lowest BCUT2D eigenvalue weighted by atomic mass is 10.3. The number of hydrogen-bond acceptors (Lipinski definition) is 8. The van der Waals surface area contributed by atoms with E-state index in [1.165, 1.54) is 6.33 Å². The number of ether oxygens (including phenoxy) is 1. The first kappa shape index (κ1) is 19.1. The Labute approximate surface area is 180 Å². The number of benzene rings is 1. The largest absolute Gasteiger partial charge is 0.492 e. The first-order valence-corrected chi connectivity index (χ1v) is 10.4. The maximum Gasteiger partial charge on any atom is 0.205 e. The first-order valence-electron chi connectivity index (χ1n) is 10.4. The molecule has 1 aromatic carbocycles. The average Bonchev–Trinajstić information content (AvgIpc) is 3.28. The van der Waals surface area contributed by atoms with Crippen LogP contribution in [-0.2, 0) is 0 Å². The molecule has 5 rings (SSSR count). The molecule has 0 amide bonds. The molecule has 31 heavy (non-hydrogen) atoms. The van der Waals surface area contributed by atoms with Crippen LogP contribution in [0, 0.1) is 0 Å². The zero-order chi connectivity index (χ0) is 20.9. The predicted molar refractivity (Wildman–Crippen MR) is 121 cm³/mol. The smallest absolute Gasteiger partial charge is 0.205 e. The van der Waals surface area contributed by atoms with Crippen LogP contribution in [0.15, 0.2) is 61.1 Å². The molecule has 1 fully saturated rings. The van der Waals surface area contributed by atoms with Crippen LogP contribution in [-0.4, -0.2) is 64.3 Å². The van der Waals surface area contributed by atoms with Gasteiger partial charge in [0.25, 0.3) is 0 Å². The lowest BCUT2D eigenvalue weighted by Crippen LogP contribution is -2.47. The van der Waals surface area contributed by atoms with E-state index < -0.39 is 0 Å². The van der Waals surface area contributed by atoms with Gasteiger partial charge in [-0.25, -0.2) is 15.0 Å². The van der Waals surface area contributed by atoms with Gasteiger partial charge >= 0.3 is 0 Å². The van der Waals surface area contributed by atoms with E-state index in [-0.39, 0.29) is 0 Å². The second-order valence-electron chi connectivity index (χ2n) is 7.23. The van der Waals surface area contributed by atoms with Gasteiger partial charge in [-0.2, -0.15) is 4.98 Å². The Bertz CT molecular complexity index is 1110. The van der Waals surface area contributed by atoms with Crippen LogP contribution in [0.5, 0.6) is 5.75 Å². The van der Waals surface area contributed by atoms with Crippen molar-refractivity contribution in [2.24, 2.45) is 0 Å². The van der Waals surface area contributed by atoms with E-state index in [0.717, 1.165) is 55.0 Å². The first-order chi connectivity index (χ1) is 15.4. The number of aromatic nitrogens is 5. The molecular weight excluding hydrogens is 392 g/mol. The van der Waals surface area contributed by atoms with Crippen LogP contribution in [0.25, 0.3) is 11.2 Å². The van der Waals surface area contributed by atoms with Crippen LogP contribution in [0.2, 0.25) is 0 Å². The number of hydrogen-bond donors (Lipinski definition) is 2. The standard InChI is InChI=1S/C22H24N8O/c1-2-6-17(7-3-1)31-15-10-24-20-19-21(26-16-25-20)28-22(27-19)30-13-11-29(12-14-30)18-8-4-5-9-23-18/h1-9,16H,10-15H2,(H2,24,25,26,27,28). The minimum absolute atomic E-state index is 0.534. The summed E-state index contributed by atoms with van der Waals surface area (Å²) in [5, 5.41) is 3.32. The Morgan fingerprint density at radius 3 is 2.52 bits per heavy atom. The maximum atomic E-state index is 5.74. The van der Waals surface area contributed by atoms with E-state index in [9.17, 15) is 0 Å². The van der Waals surface area contributed by atoms with E-state index in [0.29, 0.717) is 18.8 Å². The highest BCUT2D eigenvalue weighted by Gasteiger charge is 2.21. The molecule has 9 nitrogen and oxygen atoms in total. The molecule has 158 valence electrons. The molecule has 0 aliphatic carbocycles. The van der Waals surface area contributed by atoms with Crippen molar-refractivity contribution in [3.05, 3.63) is 61.1 Å². The van der Waals surface area contributed by atoms with E-state index in [2.05, 4.69) is 40.0 Å².